The molecule has 1 aromatic heterocycles. The van der Waals surface area contributed by atoms with Gasteiger partial charge in [-0.25, -0.2) is 0 Å². The van der Waals surface area contributed by atoms with Crippen molar-refractivity contribution in [1.29, 1.82) is 0 Å². The molecule has 5 nitrogen and oxygen atoms in total. The monoisotopic (exact) mass is 321 g/mol. The molecule has 3 rings (SSSR count). The zero-order valence-corrected chi connectivity index (χ0v) is 13.5. The molecule has 122 valence electrons. The van der Waals surface area contributed by atoms with Crippen molar-refractivity contribution < 1.29 is 4.79 Å². The van der Waals surface area contributed by atoms with Gasteiger partial charge in [0.05, 0.1) is 5.52 Å². The molecular weight excluding hydrogens is 302 g/mol. The lowest BCUT2D eigenvalue weighted by atomic mass is 10.1. The van der Waals surface area contributed by atoms with Crippen molar-refractivity contribution in [2.75, 3.05) is 11.4 Å². The van der Waals surface area contributed by atoms with Crippen molar-refractivity contribution in [1.82, 2.24) is 10.2 Å². The smallest absolute Gasteiger partial charge is 0.282 e. The molecule has 1 amide bonds. The Morgan fingerprint density at radius 1 is 1.08 bits per heavy atom. The van der Waals surface area contributed by atoms with Crippen LogP contribution in [0.3, 0.4) is 0 Å². The van der Waals surface area contributed by atoms with Gasteiger partial charge in [-0.3, -0.25) is 14.7 Å². The number of hydrogen-bond acceptors (Lipinski definition) is 3. The summed E-state index contributed by atoms with van der Waals surface area (Å²) in [4.78, 5) is 27.2. The van der Waals surface area contributed by atoms with Gasteiger partial charge in [0.15, 0.2) is 5.69 Å². The van der Waals surface area contributed by atoms with E-state index >= 15 is 0 Å². The van der Waals surface area contributed by atoms with Crippen molar-refractivity contribution in [3.63, 3.8) is 0 Å². The predicted octanol–water partition coefficient (Wildman–Crippen LogP) is 3.37. The summed E-state index contributed by atoms with van der Waals surface area (Å²) in [6.07, 6.45) is 1.81. The molecule has 3 aromatic rings. The minimum absolute atomic E-state index is 0.0753. The van der Waals surface area contributed by atoms with Gasteiger partial charge in [0.1, 0.15) is 0 Å². The first-order chi connectivity index (χ1) is 11.7. The lowest BCUT2D eigenvalue weighted by Gasteiger charge is -2.22. The minimum atomic E-state index is -0.373. The molecule has 0 atom stereocenters. The molecule has 0 saturated carbocycles. The van der Waals surface area contributed by atoms with Gasteiger partial charge in [-0.2, -0.15) is 5.10 Å². The number of amides is 1. The number of benzene rings is 2. The Morgan fingerprint density at radius 2 is 1.79 bits per heavy atom. The minimum Gasteiger partial charge on any atom is -0.307 e. The number of para-hydroxylation sites is 2. The fourth-order valence-corrected chi connectivity index (χ4v) is 2.62. The maximum absolute atomic E-state index is 13.0. The number of anilines is 1. The zero-order valence-electron chi connectivity index (χ0n) is 13.5. The largest absolute Gasteiger partial charge is 0.307 e. The predicted molar refractivity (Wildman–Crippen MR) is 95.4 cm³/mol. The van der Waals surface area contributed by atoms with Crippen LogP contribution in [0, 0.1) is 0 Å². The maximum Gasteiger partial charge on any atom is 0.282 e. The normalized spacial score (nSPS) is 10.7. The summed E-state index contributed by atoms with van der Waals surface area (Å²) in [6.45, 7) is 2.61. The number of carbonyl (C=O) groups excluding carboxylic acids is 1. The standard InChI is InChI=1S/C19H19N3O2/c1-2-3-13-22(14-9-5-4-6-10-14)19(24)17-18(23)15-11-7-8-12-16(15)20-21-17/h4-12H,2-3,13H2,1H3,(H,20,23). The molecule has 0 spiro atoms. The number of nitrogens with zero attached hydrogens (tertiary/aromatic N) is 2. The Balaban J connectivity index is 2.04. The molecule has 0 fully saturated rings. The SMILES string of the molecule is CCCCN(C(=O)c1n[nH]c2ccccc2c1=O)c1ccccc1. The average Bonchev–Trinajstić information content (AvgIpc) is 2.63. The van der Waals surface area contributed by atoms with Gasteiger partial charge in [0.25, 0.3) is 5.91 Å². The molecule has 0 aliphatic rings. The fraction of sp³-hybridized carbons (Fsp3) is 0.211. The summed E-state index contributed by atoms with van der Waals surface area (Å²) in [5.41, 5.74) is 0.976. The number of unbranched alkanes of at least 4 members (excludes halogenated alkanes) is 1. The second-order valence-corrected chi connectivity index (χ2v) is 5.59. The van der Waals surface area contributed by atoms with Crippen LogP contribution in [0.2, 0.25) is 0 Å². The number of nitrogens with one attached hydrogen (secondary N) is 1. The first-order valence-electron chi connectivity index (χ1n) is 8.06. The number of fused-ring (bicyclic) bond motifs is 1. The van der Waals surface area contributed by atoms with Crippen LogP contribution in [0.5, 0.6) is 0 Å². The van der Waals surface area contributed by atoms with E-state index in [4.69, 9.17) is 0 Å². The number of carbonyl (C=O) groups is 1. The van der Waals surface area contributed by atoms with Crippen LogP contribution in [0.15, 0.2) is 59.4 Å². The van der Waals surface area contributed by atoms with Gasteiger partial charge in [0, 0.05) is 17.6 Å². The lowest BCUT2D eigenvalue weighted by molar-refractivity contribution is 0.0980. The van der Waals surface area contributed by atoms with E-state index in [2.05, 4.69) is 17.1 Å². The molecule has 1 N–H and O–H groups in total. The van der Waals surface area contributed by atoms with Gasteiger partial charge in [-0.05, 0) is 30.7 Å². The zero-order chi connectivity index (χ0) is 16.9. The van der Waals surface area contributed by atoms with E-state index in [1.54, 1.807) is 23.1 Å². The summed E-state index contributed by atoms with van der Waals surface area (Å²) in [5, 5.41) is 7.31. The van der Waals surface area contributed by atoms with E-state index in [1.807, 2.05) is 36.4 Å². The second-order valence-electron chi connectivity index (χ2n) is 5.59. The fourth-order valence-electron chi connectivity index (χ4n) is 2.62. The molecular formula is C19H19N3O2. The van der Waals surface area contributed by atoms with Gasteiger partial charge >= 0.3 is 0 Å². The average molecular weight is 321 g/mol. The first kappa shape index (κ1) is 15.9. The molecule has 0 saturated heterocycles. The molecule has 1 heterocycles. The van der Waals surface area contributed by atoms with E-state index in [9.17, 15) is 9.59 Å². The number of H-pyrrole nitrogens is 1. The van der Waals surface area contributed by atoms with E-state index in [0.29, 0.717) is 17.4 Å². The summed E-state index contributed by atoms with van der Waals surface area (Å²) < 4.78 is 0. The summed E-state index contributed by atoms with van der Waals surface area (Å²) in [6, 6.07) is 16.4. The van der Waals surface area contributed by atoms with Crippen LogP contribution in [0.1, 0.15) is 30.3 Å². The van der Waals surface area contributed by atoms with Crippen LogP contribution >= 0.6 is 0 Å². The van der Waals surface area contributed by atoms with Gasteiger partial charge < -0.3 is 4.90 Å². The third-order valence-corrected chi connectivity index (χ3v) is 3.93. The summed E-state index contributed by atoms with van der Waals surface area (Å²) >= 11 is 0. The maximum atomic E-state index is 13.0. The summed E-state index contributed by atoms with van der Waals surface area (Å²) in [5.74, 6) is -0.373. The Bertz CT molecular complexity index is 903. The van der Waals surface area contributed by atoms with Crippen molar-refractivity contribution >= 4 is 22.5 Å². The van der Waals surface area contributed by atoms with Crippen molar-refractivity contribution in [3.05, 3.63) is 70.5 Å². The molecule has 0 bridgehead atoms. The van der Waals surface area contributed by atoms with Crippen LogP contribution in [-0.2, 0) is 0 Å². The Hall–Kier alpha value is -2.95. The molecule has 2 aromatic carbocycles. The van der Waals surface area contributed by atoms with Crippen LogP contribution in [-0.4, -0.2) is 22.6 Å². The lowest BCUT2D eigenvalue weighted by Crippen LogP contribution is -2.36. The third kappa shape index (κ3) is 3.06. The molecule has 0 radical (unpaired) electrons. The highest BCUT2D eigenvalue weighted by Crippen LogP contribution is 2.16. The van der Waals surface area contributed by atoms with Crippen LogP contribution in [0.25, 0.3) is 10.9 Å². The second kappa shape index (κ2) is 7.08. The van der Waals surface area contributed by atoms with Crippen molar-refractivity contribution in [3.8, 4) is 0 Å². The van der Waals surface area contributed by atoms with Crippen LogP contribution in [0.4, 0.5) is 5.69 Å². The van der Waals surface area contributed by atoms with Crippen molar-refractivity contribution in [2.24, 2.45) is 0 Å². The Kier molecular flexibility index (Phi) is 4.70. The quantitative estimate of drug-likeness (QED) is 0.783. The Labute approximate surface area is 139 Å². The van der Waals surface area contributed by atoms with Gasteiger partial charge in [0.2, 0.25) is 5.43 Å². The van der Waals surface area contributed by atoms with Gasteiger partial charge in [-0.1, -0.05) is 43.7 Å². The first-order valence-corrected chi connectivity index (χ1v) is 8.06. The Morgan fingerprint density at radius 3 is 2.54 bits per heavy atom. The van der Waals surface area contributed by atoms with E-state index < -0.39 is 0 Å². The highest BCUT2D eigenvalue weighted by Gasteiger charge is 2.22. The molecule has 0 aliphatic heterocycles. The van der Waals surface area contributed by atoms with E-state index in [0.717, 1.165) is 18.5 Å². The molecule has 5 heteroatoms. The number of aromatic amines is 1. The molecule has 0 aliphatic carbocycles. The highest BCUT2D eigenvalue weighted by molar-refractivity contribution is 6.05. The summed E-state index contributed by atoms with van der Waals surface area (Å²) in [7, 11) is 0. The van der Waals surface area contributed by atoms with Crippen LogP contribution < -0.4 is 10.3 Å². The number of aromatic nitrogens is 2. The topological polar surface area (TPSA) is 66.1 Å². The molecule has 24 heavy (non-hydrogen) atoms. The van der Waals surface area contributed by atoms with E-state index in [1.165, 1.54) is 0 Å². The van der Waals surface area contributed by atoms with E-state index in [-0.39, 0.29) is 17.0 Å². The number of rotatable bonds is 5. The third-order valence-electron chi connectivity index (χ3n) is 3.93. The van der Waals surface area contributed by atoms with Gasteiger partial charge in [-0.15, -0.1) is 0 Å². The highest BCUT2D eigenvalue weighted by atomic mass is 16.2. The molecule has 0 unspecified atom stereocenters. The number of hydrogen-bond donors (Lipinski definition) is 1. The van der Waals surface area contributed by atoms with Crippen molar-refractivity contribution in [2.45, 2.75) is 19.8 Å².